The van der Waals surface area contributed by atoms with Crippen LogP contribution in [0, 0.1) is 0 Å². The number of halogens is 1. The lowest BCUT2D eigenvalue weighted by Crippen LogP contribution is -2.51. The molecule has 1 saturated carbocycles. The molecule has 0 spiro atoms. The molecule has 5 nitrogen and oxygen atoms in total. The van der Waals surface area contributed by atoms with E-state index in [4.69, 9.17) is 0 Å². The van der Waals surface area contributed by atoms with Crippen LogP contribution in [0.5, 0.6) is 0 Å². The van der Waals surface area contributed by atoms with Gasteiger partial charge in [-0.2, -0.15) is 0 Å². The third-order valence-electron chi connectivity index (χ3n) is 4.73. The van der Waals surface area contributed by atoms with Crippen molar-refractivity contribution in [3.05, 3.63) is 22.4 Å². The smallest absolute Gasteiger partial charge is 0.264 e. The Balaban J connectivity index is 0.00000208. The molecule has 3 rings (SSSR count). The van der Waals surface area contributed by atoms with Crippen LogP contribution in [-0.4, -0.2) is 60.4 Å². The van der Waals surface area contributed by atoms with Gasteiger partial charge in [-0.1, -0.05) is 25.3 Å². The summed E-state index contributed by atoms with van der Waals surface area (Å²) in [7, 11) is 0. The van der Waals surface area contributed by atoms with Gasteiger partial charge in [0.25, 0.3) is 5.91 Å². The Hall–Kier alpha value is -1.11. The minimum absolute atomic E-state index is 0. The molecule has 0 atom stereocenters. The Morgan fingerprint density at radius 2 is 1.83 bits per heavy atom. The molecule has 1 N–H and O–H groups in total. The molecule has 2 aliphatic rings. The zero-order valence-electron chi connectivity index (χ0n) is 13.9. The molecule has 0 unspecified atom stereocenters. The number of hydrogen-bond donors (Lipinski definition) is 1. The predicted octanol–water partition coefficient (Wildman–Crippen LogP) is 2.38. The van der Waals surface area contributed by atoms with Gasteiger partial charge in [-0.3, -0.25) is 14.5 Å². The van der Waals surface area contributed by atoms with Crippen LogP contribution in [0.3, 0.4) is 0 Å². The lowest BCUT2D eigenvalue weighted by molar-refractivity contribution is -0.123. The summed E-state index contributed by atoms with van der Waals surface area (Å²) in [5.74, 6) is 0.251. The van der Waals surface area contributed by atoms with Crippen molar-refractivity contribution in [1.29, 1.82) is 0 Å². The van der Waals surface area contributed by atoms with E-state index in [-0.39, 0.29) is 24.2 Å². The van der Waals surface area contributed by atoms with Crippen LogP contribution >= 0.6 is 23.7 Å². The first kappa shape index (κ1) is 19.2. The van der Waals surface area contributed by atoms with Crippen molar-refractivity contribution in [2.24, 2.45) is 0 Å². The molecule has 1 aromatic heterocycles. The van der Waals surface area contributed by atoms with E-state index in [0.29, 0.717) is 25.7 Å². The highest BCUT2D eigenvalue weighted by Gasteiger charge is 2.24. The Bertz CT molecular complexity index is 524. The topological polar surface area (TPSA) is 52.7 Å². The number of rotatable bonds is 4. The van der Waals surface area contributed by atoms with Crippen molar-refractivity contribution >= 4 is 35.6 Å². The molecule has 1 aromatic rings. The van der Waals surface area contributed by atoms with Crippen molar-refractivity contribution in [2.45, 2.75) is 38.1 Å². The second-order valence-corrected chi connectivity index (χ2v) is 7.40. The summed E-state index contributed by atoms with van der Waals surface area (Å²) in [6.07, 6.45) is 6.00. The highest BCUT2D eigenvalue weighted by molar-refractivity contribution is 7.12. The van der Waals surface area contributed by atoms with Gasteiger partial charge < -0.3 is 10.2 Å². The summed E-state index contributed by atoms with van der Waals surface area (Å²) < 4.78 is 0. The Kier molecular flexibility index (Phi) is 7.52. The fraction of sp³-hybridized carbons (Fsp3) is 0.647. The SMILES string of the molecule is Cl.O=C(CN1CCN(C(=O)c2cccs2)CC1)NC1CCCCC1. The van der Waals surface area contributed by atoms with Crippen LogP contribution < -0.4 is 5.32 Å². The fourth-order valence-corrected chi connectivity index (χ4v) is 4.08. The first-order valence-corrected chi connectivity index (χ1v) is 9.45. The maximum atomic E-state index is 12.3. The molecule has 0 bridgehead atoms. The maximum Gasteiger partial charge on any atom is 0.264 e. The van der Waals surface area contributed by atoms with Crippen molar-refractivity contribution in [2.75, 3.05) is 32.7 Å². The maximum absolute atomic E-state index is 12.3. The molecule has 1 aliphatic heterocycles. The second kappa shape index (κ2) is 9.39. The molecule has 134 valence electrons. The minimum Gasteiger partial charge on any atom is -0.352 e. The largest absolute Gasteiger partial charge is 0.352 e. The van der Waals surface area contributed by atoms with E-state index in [0.717, 1.165) is 30.8 Å². The average molecular weight is 372 g/mol. The minimum atomic E-state index is 0. The first-order valence-electron chi connectivity index (χ1n) is 8.57. The predicted molar refractivity (Wildman–Crippen MR) is 98.9 cm³/mol. The van der Waals surface area contributed by atoms with Gasteiger partial charge in [-0.15, -0.1) is 23.7 Å². The van der Waals surface area contributed by atoms with Gasteiger partial charge in [-0.05, 0) is 24.3 Å². The van der Waals surface area contributed by atoms with Gasteiger partial charge in [0.1, 0.15) is 0 Å². The average Bonchev–Trinajstić information content (AvgIpc) is 3.10. The molecule has 1 aliphatic carbocycles. The van der Waals surface area contributed by atoms with Crippen molar-refractivity contribution in [1.82, 2.24) is 15.1 Å². The zero-order valence-corrected chi connectivity index (χ0v) is 15.5. The molecule has 0 aromatic carbocycles. The number of piperazine rings is 1. The number of carbonyl (C=O) groups is 2. The molecule has 2 fully saturated rings. The van der Waals surface area contributed by atoms with Gasteiger partial charge in [0.2, 0.25) is 5.91 Å². The normalized spacial score (nSPS) is 19.6. The van der Waals surface area contributed by atoms with Crippen molar-refractivity contribution in [3.63, 3.8) is 0 Å². The number of carbonyl (C=O) groups excluding carboxylic acids is 2. The van der Waals surface area contributed by atoms with E-state index in [1.165, 1.54) is 30.6 Å². The van der Waals surface area contributed by atoms with Crippen LogP contribution in [0.4, 0.5) is 0 Å². The van der Waals surface area contributed by atoms with Crippen molar-refractivity contribution in [3.8, 4) is 0 Å². The summed E-state index contributed by atoms with van der Waals surface area (Å²) in [5, 5.41) is 5.09. The Morgan fingerprint density at radius 3 is 2.46 bits per heavy atom. The van der Waals surface area contributed by atoms with E-state index in [2.05, 4.69) is 10.2 Å². The first-order chi connectivity index (χ1) is 11.2. The lowest BCUT2D eigenvalue weighted by atomic mass is 9.95. The summed E-state index contributed by atoms with van der Waals surface area (Å²) in [6.45, 7) is 3.41. The molecular weight excluding hydrogens is 346 g/mol. The van der Waals surface area contributed by atoms with Crippen LogP contribution in [0.25, 0.3) is 0 Å². The quantitative estimate of drug-likeness (QED) is 0.884. The van der Waals surface area contributed by atoms with E-state index >= 15 is 0 Å². The molecular formula is C17H26ClN3O2S. The second-order valence-electron chi connectivity index (χ2n) is 6.45. The van der Waals surface area contributed by atoms with Crippen LogP contribution in [0.1, 0.15) is 41.8 Å². The molecule has 1 saturated heterocycles. The van der Waals surface area contributed by atoms with Crippen LogP contribution in [0.2, 0.25) is 0 Å². The Morgan fingerprint density at radius 1 is 1.12 bits per heavy atom. The van der Waals surface area contributed by atoms with E-state index in [1.54, 1.807) is 0 Å². The number of thiophene rings is 1. The van der Waals surface area contributed by atoms with Gasteiger partial charge >= 0.3 is 0 Å². The molecule has 0 radical (unpaired) electrons. The van der Waals surface area contributed by atoms with Gasteiger partial charge in [-0.25, -0.2) is 0 Å². The van der Waals surface area contributed by atoms with E-state index < -0.39 is 0 Å². The monoisotopic (exact) mass is 371 g/mol. The number of hydrogen-bond acceptors (Lipinski definition) is 4. The molecule has 2 heterocycles. The summed E-state index contributed by atoms with van der Waals surface area (Å²) in [5.41, 5.74) is 0. The lowest BCUT2D eigenvalue weighted by Gasteiger charge is -2.34. The third kappa shape index (κ3) is 5.19. The Labute approximate surface area is 153 Å². The third-order valence-corrected chi connectivity index (χ3v) is 5.59. The number of amides is 2. The molecule has 2 amide bonds. The van der Waals surface area contributed by atoms with Crippen LogP contribution in [-0.2, 0) is 4.79 Å². The fourth-order valence-electron chi connectivity index (χ4n) is 3.39. The van der Waals surface area contributed by atoms with E-state index in [9.17, 15) is 9.59 Å². The highest BCUT2D eigenvalue weighted by atomic mass is 35.5. The molecule has 24 heavy (non-hydrogen) atoms. The standard InChI is InChI=1S/C17H25N3O2S.ClH/c21-16(18-14-5-2-1-3-6-14)13-19-8-10-20(11-9-19)17(22)15-7-4-12-23-15;/h4,7,12,14H,1-3,5-6,8-11,13H2,(H,18,21);1H. The van der Waals surface area contributed by atoms with Crippen molar-refractivity contribution < 1.29 is 9.59 Å². The highest BCUT2D eigenvalue weighted by Crippen LogP contribution is 2.17. The summed E-state index contributed by atoms with van der Waals surface area (Å²) in [4.78, 5) is 29.3. The summed E-state index contributed by atoms with van der Waals surface area (Å²) >= 11 is 1.49. The zero-order chi connectivity index (χ0) is 16.1. The van der Waals surface area contributed by atoms with Gasteiger partial charge in [0.05, 0.1) is 11.4 Å². The molecule has 7 heteroatoms. The van der Waals surface area contributed by atoms with Crippen LogP contribution in [0.15, 0.2) is 17.5 Å². The van der Waals surface area contributed by atoms with Gasteiger partial charge in [0.15, 0.2) is 0 Å². The van der Waals surface area contributed by atoms with E-state index in [1.807, 2.05) is 22.4 Å². The van der Waals surface area contributed by atoms with Gasteiger partial charge in [0, 0.05) is 32.2 Å². The summed E-state index contributed by atoms with van der Waals surface area (Å²) in [6, 6.07) is 4.15. The number of nitrogens with zero attached hydrogens (tertiary/aromatic N) is 2. The number of nitrogens with one attached hydrogen (secondary N) is 1.